The largest absolute Gasteiger partial charge is 0.495 e. The first kappa shape index (κ1) is 20.7. The standard InChI is InChI=1S/C19H23NO6S/c1-14(2)20-27(22,23)18-13-15(9-10-17(18)24-3)19(21)26-12-11-25-16-7-5-4-6-8-16/h4-10,13-14,20H,11-12H2,1-3H3. The van der Waals surface area contributed by atoms with Crippen LogP contribution in [0.15, 0.2) is 53.4 Å². The molecule has 0 aliphatic heterocycles. The number of ether oxygens (including phenoxy) is 3. The van der Waals surface area contributed by atoms with Crippen LogP contribution < -0.4 is 14.2 Å². The minimum atomic E-state index is -3.83. The molecule has 8 heteroatoms. The third-order valence-electron chi connectivity index (χ3n) is 3.41. The van der Waals surface area contributed by atoms with Crippen LogP contribution in [0.1, 0.15) is 24.2 Å². The minimum absolute atomic E-state index is 0.0338. The predicted molar refractivity (Wildman–Crippen MR) is 101 cm³/mol. The Hall–Kier alpha value is -2.58. The maximum absolute atomic E-state index is 12.5. The highest BCUT2D eigenvalue weighted by Gasteiger charge is 2.22. The van der Waals surface area contributed by atoms with Crippen molar-refractivity contribution in [3.05, 3.63) is 54.1 Å². The van der Waals surface area contributed by atoms with Gasteiger partial charge in [-0.25, -0.2) is 17.9 Å². The van der Waals surface area contributed by atoms with Crippen molar-refractivity contribution >= 4 is 16.0 Å². The average Bonchev–Trinajstić information content (AvgIpc) is 2.64. The van der Waals surface area contributed by atoms with Crippen molar-refractivity contribution in [2.24, 2.45) is 0 Å². The van der Waals surface area contributed by atoms with Gasteiger partial charge in [-0.1, -0.05) is 18.2 Å². The molecule has 2 aromatic rings. The number of carbonyl (C=O) groups is 1. The first-order valence-electron chi connectivity index (χ1n) is 8.39. The SMILES string of the molecule is COc1ccc(C(=O)OCCOc2ccccc2)cc1S(=O)(=O)NC(C)C. The summed E-state index contributed by atoms with van der Waals surface area (Å²) in [5, 5.41) is 0. The summed E-state index contributed by atoms with van der Waals surface area (Å²) in [7, 11) is -2.46. The highest BCUT2D eigenvalue weighted by atomic mass is 32.2. The molecule has 0 aliphatic rings. The molecule has 0 aromatic heterocycles. The Morgan fingerprint density at radius 2 is 1.78 bits per heavy atom. The second kappa shape index (κ2) is 9.38. The normalized spacial score (nSPS) is 11.3. The van der Waals surface area contributed by atoms with Crippen LogP contribution in [0.25, 0.3) is 0 Å². The molecule has 0 fully saturated rings. The van der Waals surface area contributed by atoms with Crippen LogP contribution in [-0.2, 0) is 14.8 Å². The third-order valence-corrected chi connectivity index (χ3v) is 5.09. The zero-order valence-electron chi connectivity index (χ0n) is 15.5. The molecule has 0 radical (unpaired) electrons. The fourth-order valence-electron chi connectivity index (χ4n) is 2.28. The Balaban J connectivity index is 2.04. The van der Waals surface area contributed by atoms with E-state index < -0.39 is 16.0 Å². The molecule has 0 saturated carbocycles. The Morgan fingerprint density at radius 3 is 2.41 bits per heavy atom. The summed E-state index contributed by atoms with van der Waals surface area (Å²) in [4.78, 5) is 12.1. The number of benzene rings is 2. The molecule has 146 valence electrons. The number of hydrogen-bond donors (Lipinski definition) is 1. The maximum Gasteiger partial charge on any atom is 0.338 e. The topological polar surface area (TPSA) is 90.9 Å². The van der Waals surface area contributed by atoms with Gasteiger partial charge in [0.1, 0.15) is 29.6 Å². The number of rotatable bonds is 9. The van der Waals surface area contributed by atoms with Gasteiger partial charge < -0.3 is 14.2 Å². The van der Waals surface area contributed by atoms with E-state index in [-0.39, 0.29) is 35.5 Å². The van der Waals surface area contributed by atoms with Crippen molar-refractivity contribution in [3.63, 3.8) is 0 Å². The summed E-state index contributed by atoms with van der Waals surface area (Å²) in [6.07, 6.45) is 0. The van der Waals surface area contributed by atoms with Gasteiger partial charge in [-0.2, -0.15) is 0 Å². The lowest BCUT2D eigenvalue weighted by atomic mass is 10.2. The number of sulfonamides is 1. The van der Waals surface area contributed by atoms with Crippen LogP contribution in [0.4, 0.5) is 0 Å². The lowest BCUT2D eigenvalue weighted by Crippen LogP contribution is -2.30. The van der Waals surface area contributed by atoms with Gasteiger partial charge >= 0.3 is 5.97 Å². The van der Waals surface area contributed by atoms with Crippen molar-refractivity contribution in [1.29, 1.82) is 0 Å². The summed E-state index contributed by atoms with van der Waals surface area (Å²) in [6, 6.07) is 13.0. The van der Waals surface area contributed by atoms with E-state index in [1.54, 1.807) is 26.0 Å². The van der Waals surface area contributed by atoms with Gasteiger partial charge in [0.15, 0.2) is 0 Å². The summed E-state index contributed by atoms with van der Waals surface area (Å²) in [6.45, 7) is 3.63. The van der Waals surface area contributed by atoms with E-state index in [1.165, 1.54) is 25.3 Å². The van der Waals surface area contributed by atoms with Gasteiger partial charge in [0.05, 0.1) is 12.7 Å². The molecule has 1 N–H and O–H groups in total. The van der Waals surface area contributed by atoms with E-state index in [0.29, 0.717) is 5.75 Å². The molecule has 2 rings (SSSR count). The molecule has 0 aliphatic carbocycles. The zero-order chi connectivity index (χ0) is 19.9. The van der Waals surface area contributed by atoms with E-state index >= 15 is 0 Å². The molecule has 0 saturated heterocycles. The van der Waals surface area contributed by atoms with Gasteiger partial charge in [0.2, 0.25) is 10.0 Å². The fourth-order valence-corrected chi connectivity index (χ4v) is 3.73. The maximum atomic E-state index is 12.5. The molecule has 7 nitrogen and oxygen atoms in total. The van der Waals surface area contributed by atoms with Crippen LogP contribution in [-0.4, -0.2) is 40.8 Å². The number of carbonyl (C=O) groups excluding carboxylic acids is 1. The summed E-state index contributed by atoms with van der Waals surface area (Å²) in [5.74, 6) is 0.175. The second-order valence-corrected chi connectivity index (χ2v) is 7.62. The number of nitrogens with one attached hydrogen (secondary N) is 1. The second-order valence-electron chi connectivity index (χ2n) is 5.94. The van der Waals surface area contributed by atoms with Crippen LogP contribution in [0.2, 0.25) is 0 Å². The number of methoxy groups -OCH3 is 1. The average molecular weight is 393 g/mol. The number of para-hydroxylation sites is 1. The van der Waals surface area contributed by atoms with E-state index in [0.717, 1.165) is 0 Å². The Morgan fingerprint density at radius 1 is 1.07 bits per heavy atom. The minimum Gasteiger partial charge on any atom is -0.495 e. The van der Waals surface area contributed by atoms with E-state index in [4.69, 9.17) is 14.2 Å². The molecular formula is C19H23NO6S. The highest BCUT2D eigenvalue weighted by Crippen LogP contribution is 2.25. The first-order chi connectivity index (χ1) is 12.8. The molecule has 0 atom stereocenters. The summed E-state index contributed by atoms with van der Waals surface area (Å²) < 4.78 is 43.1. The first-order valence-corrected chi connectivity index (χ1v) is 9.87. The number of hydrogen-bond acceptors (Lipinski definition) is 6. The van der Waals surface area contributed by atoms with Gasteiger partial charge in [-0.3, -0.25) is 0 Å². The van der Waals surface area contributed by atoms with Gasteiger partial charge in [0.25, 0.3) is 0 Å². The molecule has 2 aromatic carbocycles. The van der Waals surface area contributed by atoms with Crippen LogP contribution >= 0.6 is 0 Å². The highest BCUT2D eigenvalue weighted by molar-refractivity contribution is 7.89. The summed E-state index contributed by atoms with van der Waals surface area (Å²) >= 11 is 0. The Bertz CT molecular complexity index is 865. The third kappa shape index (κ3) is 5.97. The molecule has 27 heavy (non-hydrogen) atoms. The smallest absolute Gasteiger partial charge is 0.338 e. The van der Waals surface area contributed by atoms with Crippen LogP contribution in [0, 0.1) is 0 Å². The lowest BCUT2D eigenvalue weighted by Gasteiger charge is -2.14. The summed E-state index contributed by atoms with van der Waals surface area (Å²) in [5.41, 5.74) is 0.111. The Kier molecular flexibility index (Phi) is 7.20. The van der Waals surface area contributed by atoms with Gasteiger partial charge in [-0.05, 0) is 44.2 Å². The van der Waals surface area contributed by atoms with E-state index in [1.807, 2.05) is 18.2 Å². The lowest BCUT2D eigenvalue weighted by molar-refractivity contribution is 0.0450. The van der Waals surface area contributed by atoms with E-state index in [9.17, 15) is 13.2 Å². The van der Waals surface area contributed by atoms with E-state index in [2.05, 4.69) is 4.72 Å². The zero-order valence-corrected chi connectivity index (χ0v) is 16.3. The molecular weight excluding hydrogens is 370 g/mol. The fraction of sp³-hybridized carbons (Fsp3) is 0.316. The molecule has 0 spiro atoms. The van der Waals surface area contributed by atoms with Crippen molar-refractivity contribution in [1.82, 2.24) is 4.72 Å². The van der Waals surface area contributed by atoms with Crippen molar-refractivity contribution in [3.8, 4) is 11.5 Å². The molecule has 0 unspecified atom stereocenters. The molecule has 0 bridgehead atoms. The van der Waals surface area contributed by atoms with Gasteiger partial charge in [0, 0.05) is 6.04 Å². The van der Waals surface area contributed by atoms with Crippen molar-refractivity contribution in [2.75, 3.05) is 20.3 Å². The molecule has 0 amide bonds. The van der Waals surface area contributed by atoms with Crippen LogP contribution in [0.3, 0.4) is 0 Å². The predicted octanol–water partition coefficient (Wildman–Crippen LogP) is 2.62. The Labute approximate surface area is 159 Å². The number of esters is 1. The quantitative estimate of drug-likeness (QED) is 0.520. The van der Waals surface area contributed by atoms with Crippen LogP contribution in [0.5, 0.6) is 11.5 Å². The monoisotopic (exact) mass is 393 g/mol. The van der Waals surface area contributed by atoms with Crippen molar-refractivity contribution in [2.45, 2.75) is 24.8 Å². The molecule has 0 heterocycles. The van der Waals surface area contributed by atoms with Gasteiger partial charge in [-0.15, -0.1) is 0 Å². The van der Waals surface area contributed by atoms with Crippen molar-refractivity contribution < 1.29 is 27.4 Å².